The molecule has 2 N–H and O–H groups in total. The topological polar surface area (TPSA) is 99.2 Å². The van der Waals surface area contributed by atoms with E-state index in [0.717, 1.165) is 64.2 Å². The number of fused-ring (bicyclic) bond motifs is 9. The highest BCUT2D eigenvalue weighted by Crippen LogP contribution is 2.55. The molecular formula is C39H46N6O2Si. The van der Waals surface area contributed by atoms with E-state index in [1.54, 1.807) is 6.07 Å². The quantitative estimate of drug-likeness (QED) is 0.180. The number of nitrogens with two attached hydrogens (primary N) is 1. The van der Waals surface area contributed by atoms with Gasteiger partial charge in [-0.3, -0.25) is 4.79 Å². The van der Waals surface area contributed by atoms with Gasteiger partial charge in [0, 0.05) is 57.6 Å². The van der Waals surface area contributed by atoms with Crippen LogP contribution in [0.4, 0.5) is 0 Å². The van der Waals surface area contributed by atoms with Crippen LogP contribution in [0.25, 0.3) is 22.2 Å². The number of benzene rings is 2. The van der Waals surface area contributed by atoms with E-state index in [9.17, 15) is 4.79 Å². The fourth-order valence-electron chi connectivity index (χ4n) is 9.62. The normalized spacial score (nSPS) is 23.2. The summed E-state index contributed by atoms with van der Waals surface area (Å²) in [6.45, 7) is 12.6. The van der Waals surface area contributed by atoms with Gasteiger partial charge in [0.15, 0.2) is 0 Å². The van der Waals surface area contributed by atoms with Gasteiger partial charge in [0.2, 0.25) is 0 Å². The van der Waals surface area contributed by atoms with Gasteiger partial charge in [-0.15, -0.1) is 5.54 Å². The fraction of sp³-hybridized carbons (Fsp3) is 0.487. The SMILES string of the molecule is [2H]C([2H])([2H])N1C(=O)c2cccc(C#C[Si](C(C)C)(C(C)C)C(C)C)c2[C@H]2C[C@@H]1c1nc3ccc(-c4cnc(C5(N)CC6(COC6)C5)nc4)cc3n12. The van der Waals surface area contributed by atoms with E-state index in [-0.39, 0.29) is 11.5 Å². The lowest BCUT2D eigenvalue weighted by Gasteiger charge is -2.57. The highest BCUT2D eigenvalue weighted by atomic mass is 28.3. The summed E-state index contributed by atoms with van der Waals surface area (Å²) in [6.07, 6.45) is 5.72. The van der Waals surface area contributed by atoms with Crippen LogP contribution >= 0.6 is 0 Å². The third-order valence-electron chi connectivity index (χ3n) is 11.9. The Bertz CT molecular complexity index is 2100. The first kappa shape index (κ1) is 28.0. The Morgan fingerprint density at radius 3 is 2.33 bits per heavy atom. The molecule has 4 aromatic rings. The number of amides is 1. The smallest absolute Gasteiger partial charge is 0.254 e. The molecular weight excluding hydrogens is 613 g/mol. The van der Waals surface area contributed by atoms with E-state index in [1.807, 2.05) is 36.7 Å². The van der Waals surface area contributed by atoms with E-state index >= 15 is 0 Å². The maximum absolute atomic E-state index is 14.3. The summed E-state index contributed by atoms with van der Waals surface area (Å²) in [6, 6.07) is 10.6. The molecule has 9 heteroatoms. The summed E-state index contributed by atoms with van der Waals surface area (Å²) in [5.41, 5.74) is 16.9. The Kier molecular flexibility index (Phi) is 6.33. The highest BCUT2D eigenvalue weighted by molar-refractivity contribution is 6.90. The van der Waals surface area contributed by atoms with Gasteiger partial charge in [0.1, 0.15) is 19.7 Å². The molecule has 1 saturated carbocycles. The summed E-state index contributed by atoms with van der Waals surface area (Å²) in [5.74, 6) is 4.35. The van der Waals surface area contributed by atoms with Crippen LogP contribution in [0, 0.1) is 16.9 Å². The Morgan fingerprint density at radius 1 is 1.00 bits per heavy atom. The van der Waals surface area contributed by atoms with Crippen molar-refractivity contribution in [1.29, 1.82) is 0 Å². The van der Waals surface area contributed by atoms with Gasteiger partial charge in [-0.25, -0.2) is 15.0 Å². The molecule has 2 aromatic heterocycles. The van der Waals surface area contributed by atoms with E-state index in [0.29, 0.717) is 40.3 Å². The fourth-order valence-corrected chi connectivity index (χ4v) is 14.8. The molecule has 1 saturated heterocycles. The van der Waals surface area contributed by atoms with Crippen LogP contribution in [-0.4, -0.2) is 58.6 Å². The first-order chi connectivity index (χ1) is 24.1. The lowest BCUT2D eigenvalue weighted by atomic mass is 9.56. The molecule has 0 radical (unpaired) electrons. The van der Waals surface area contributed by atoms with Crippen molar-refractivity contribution in [1.82, 2.24) is 24.4 Å². The zero-order valence-corrected chi connectivity index (χ0v) is 29.7. The van der Waals surface area contributed by atoms with Crippen molar-refractivity contribution in [3.63, 3.8) is 0 Å². The van der Waals surface area contributed by atoms with Crippen molar-refractivity contribution in [2.45, 2.75) is 95.1 Å². The molecule has 1 amide bonds. The summed E-state index contributed by atoms with van der Waals surface area (Å²) in [5, 5.41) is 0. The average molecular weight is 662 g/mol. The molecule has 8 nitrogen and oxygen atoms in total. The van der Waals surface area contributed by atoms with E-state index in [4.69, 9.17) is 29.5 Å². The molecule has 4 aliphatic rings. The number of hydrogen-bond donors (Lipinski definition) is 1. The molecule has 8 rings (SSSR count). The van der Waals surface area contributed by atoms with E-state index in [2.05, 4.69) is 63.6 Å². The standard InChI is InChI=1S/C39H46N6O2Si/c1-23(2)48(24(3)4,25(5)6)14-13-26-9-8-10-29-34(26)32-16-33(44(7)36(29)46)35-43-30-12-11-27(15-31(30)45(32)35)28-17-41-37(42-18-28)39(40)19-38(20-39)21-47-22-38/h8-12,15,17-18,23-25,32-33H,16,19-22,40H2,1-7H3/t32-,33-/m1/s1/i7D3. The van der Waals surface area contributed by atoms with Crippen LogP contribution in [0.3, 0.4) is 0 Å². The second-order valence-corrected chi connectivity index (χ2v) is 21.3. The molecule has 48 heavy (non-hydrogen) atoms. The van der Waals surface area contributed by atoms with Crippen molar-refractivity contribution in [3.05, 3.63) is 77.1 Å². The molecule has 5 heterocycles. The molecule has 2 atom stereocenters. The van der Waals surface area contributed by atoms with Gasteiger partial charge >= 0.3 is 0 Å². The van der Waals surface area contributed by atoms with Gasteiger partial charge in [0.25, 0.3) is 5.91 Å². The van der Waals surface area contributed by atoms with E-state index < -0.39 is 32.5 Å². The zero-order chi connectivity index (χ0) is 36.2. The highest BCUT2D eigenvalue weighted by Gasteiger charge is 2.58. The minimum absolute atomic E-state index is 0.188. The first-order valence-electron chi connectivity index (χ1n) is 18.8. The van der Waals surface area contributed by atoms with Crippen LogP contribution in [0.5, 0.6) is 0 Å². The third kappa shape index (κ3) is 4.42. The van der Waals surface area contributed by atoms with Crippen molar-refractivity contribution in [3.8, 4) is 22.6 Å². The van der Waals surface area contributed by atoms with Gasteiger partial charge in [-0.1, -0.05) is 59.6 Å². The van der Waals surface area contributed by atoms with Crippen molar-refractivity contribution in [2.75, 3.05) is 20.2 Å². The first-order valence-corrected chi connectivity index (χ1v) is 19.5. The summed E-state index contributed by atoms with van der Waals surface area (Å²) in [4.78, 5) is 29.8. The maximum Gasteiger partial charge on any atom is 0.254 e. The van der Waals surface area contributed by atoms with Crippen LogP contribution < -0.4 is 5.73 Å². The summed E-state index contributed by atoms with van der Waals surface area (Å²) < 4.78 is 33.1. The molecule has 2 fully saturated rings. The largest absolute Gasteiger partial charge is 0.380 e. The number of ether oxygens (including phenoxy) is 1. The second kappa shape index (κ2) is 10.8. The minimum atomic E-state index is -2.66. The number of carbonyl (C=O) groups excluding carboxylic acids is 1. The number of aromatic nitrogens is 4. The third-order valence-corrected chi connectivity index (χ3v) is 18.2. The van der Waals surface area contributed by atoms with Crippen molar-refractivity contribution in [2.24, 2.45) is 11.1 Å². The molecule has 3 aliphatic heterocycles. The van der Waals surface area contributed by atoms with Crippen LogP contribution in [-0.2, 0) is 10.3 Å². The van der Waals surface area contributed by atoms with Crippen LogP contribution in [0.1, 0.15) is 110 Å². The Hall–Kier alpha value is -3.84. The summed E-state index contributed by atoms with van der Waals surface area (Å²) >= 11 is 0. The molecule has 2 bridgehead atoms. The van der Waals surface area contributed by atoms with Gasteiger partial charge < -0.3 is 19.9 Å². The predicted molar refractivity (Wildman–Crippen MR) is 191 cm³/mol. The summed E-state index contributed by atoms with van der Waals surface area (Å²) in [7, 11) is -2.11. The number of imidazole rings is 1. The van der Waals surface area contributed by atoms with Crippen LogP contribution in [0.2, 0.25) is 16.6 Å². The number of carbonyl (C=O) groups is 1. The Morgan fingerprint density at radius 2 is 1.71 bits per heavy atom. The van der Waals surface area contributed by atoms with Gasteiger partial charge in [-0.05, 0) is 59.3 Å². The average Bonchev–Trinajstić information content (AvgIpc) is 3.54. The van der Waals surface area contributed by atoms with E-state index in [1.165, 1.54) is 0 Å². The van der Waals surface area contributed by atoms with Crippen molar-refractivity contribution >= 4 is 25.0 Å². The monoisotopic (exact) mass is 661 g/mol. The molecule has 0 unspecified atom stereocenters. The molecule has 1 spiro atoms. The second-order valence-electron chi connectivity index (χ2n) is 15.7. The number of rotatable bonds is 5. The van der Waals surface area contributed by atoms with Gasteiger partial charge in [-0.2, -0.15) is 0 Å². The van der Waals surface area contributed by atoms with Crippen LogP contribution in [0.15, 0.2) is 48.8 Å². The Balaban J connectivity index is 1.25. The van der Waals surface area contributed by atoms with Gasteiger partial charge in [0.05, 0.1) is 41.9 Å². The number of hydrogen-bond acceptors (Lipinski definition) is 6. The zero-order valence-electron chi connectivity index (χ0n) is 31.7. The molecule has 2 aromatic carbocycles. The predicted octanol–water partition coefficient (Wildman–Crippen LogP) is 7.15. The number of nitrogens with zero attached hydrogens (tertiary/aromatic N) is 5. The Labute approximate surface area is 288 Å². The maximum atomic E-state index is 14.3. The molecule has 1 aliphatic carbocycles. The lowest BCUT2D eigenvalue weighted by molar-refractivity contribution is -0.189. The molecule has 248 valence electrons. The minimum Gasteiger partial charge on any atom is -0.380 e. The lowest BCUT2D eigenvalue weighted by Crippen LogP contribution is -2.64. The van der Waals surface area contributed by atoms with Crippen molar-refractivity contribution < 1.29 is 13.6 Å².